The first kappa shape index (κ1) is 11.6. The van der Waals surface area contributed by atoms with E-state index in [0.29, 0.717) is 28.0 Å². The molecule has 7 heteroatoms. The number of hydrogen-bond acceptors (Lipinski definition) is 5. The van der Waals surface area contributed by atoms with Crippen molar-refractivity contribution in [1.82, 2.24) is 14.4 Å². The van der Waals surface area contributed by atoms with Gasteiger partial charge in [0.25, 0.3) is 0 Å². The van der Waals surface area contributed by atoms with E-state index in [9.17, 15) is 9.70 Å². The number of H-pyrrole nitrogens is 1. The summed E-state index contributed by atoms with van der Waals surface area (Å²) in [5, 5.41) is 3.07. The second-order valence-electron chi connectivity index (χ2n) is 4.53. The molecule has 1 aromatic carbocycles. The lowest BCUT2D eigenvalue weighted by Crippen LogP contribution is -1.92. The quantitative estimate of drug-likeness (QED) is 0.571. The molecule has 0 saturated heterocycles. The van der Waals surface area contributed by atoms with Gasteiger partial charge in [0.2, 0.25) is 5.82 Å². The fraction of sp³-hybridized carbons (Fsp3) is 0. The maximum atomic E-state index is 11.2. The highest BCUT2D eigenvalue weighted by molar-refractivity contribution is 5.83. The van der Waals surface area contributed by atoms with E-state index in [1.165, 1.54) is 0 Å². The van der Waals surface area contributed by atoms with Gasteiger partial charge in [0.1, 0.15) is 11.3 Å². The minimum Gasteiger partial charge on any atom is -0.408 e. The van der Waals surface area contributed by atoms with E-state index in [4.69, 9.17) is 4.42 Å². The van der Waals surface area contributed by atoms with Crippen molar-refractivity contribution >= 4 is 22.6 Å². The molecule has 4 rings (SSSR count). The largest absolute Gasteiger partial charge is 0.417 e. The molecule has 0 radical (unpaired) electrons. The molecule has 21 heavy (non-hydrogen) atoms. The predicted octanol–water partition coefficient (Wildman–Crippen LogP) is 2.83. The van der Waals surface area contributed by atoms with Crippen LogP contribution in [0.3, 0.4) is 0 Å². The smallest absolute Gasteiger partial charge is 0.408 e. The number of nitroso groups, excluding NO2 is 1. The van der Waals surface area contributed by atoms with Crippen molar-refractivity contribution in [1.29, 1.82) is 0 Å². The third kappa shape index (κ3) is 1.68. The zero-order valence-corrected chi connectivity index (χ0v) is 10.6. The van der Waals surface area contributed by atoms with Crippen LogP contribution in [0.2, 0.25) is 0 Å². The Kier molecular flexibility index (Phi) is 2.28. The van der Waals surface area contributed by atoms with Gasteiger partial charge in [-0.2, -0.15) is 0 Å². The average Bonchev–Trinajstić information content (AvgIpc) is 3.05. The van der Waals surface area contributed by atoms with Crippen LogP contribution in [0.4, 0.5) is 5.82 Å². The Morgan fingerprint density at radius 2 is 2.14 bits per heavy atom. The predicted molar refractivity (Wildman–Crippen MR) is 76.5 cm³/mol. The van der Waals surface area contributed by atoms with Crippen molar-refractivity contribution in [2.45, 2.75) is 0 Å². The first-order valence-corrected chi connectivity index (χ1v) is 6.20. The summed E-state index contributed by atoms with van der Waals surface area (Å²) in [6.07, 6.45) is 1.72. The van der Waals surface area contributed by atoms with Crippen molar-refractivity contribution in [3.63, 3.8) is 0 Å². The molecule has 102 valence electrons. The summed E-state index contributed by atoms with van der Waals surface area (Å²) >= 11 is 0. The maximum Gasteiger partial charge on any atom is 0.417 e. The van der Waals surface area contributed by atoms with E-state index in [-0.39, 0.29) is 5.82 Å². The first-order chi connectivity index (χ1) is 10.3. The van der Waals surface area contributed by atoms with Crippen molar-refractivity contribution in [2.24, 2.45) is 5.18 Å². The van der Waals surface area contributed by atoms with Gasteiger partial charge >= 0.3 is 5.76 Å². The highest BCUT2D eigenvalue weighted by atomic mass is 16.4. The van der Waals surface area contributed by atoms with Gasteiger partial charge in [0.15, 0.2) is 5.58 Å². The van der Waals surface area contributed by atoms with Gasteiger partial charge in [-0.05, 0) is 29.4 Å². The molecule has 3 aromatic heterocycles. The van der Waals surface area contributed by atoms with E-state index < -0.39 is 5.76 Å². The molecule has 4 aromatic rings. The van der Waals surface area contributed by atoms with Crippen LogP contribution in [-0.2, 0) is 0 Å². The second-order valence-corrected chi connectivity index (χ2v) is 4.53. The topological polar surface area (TPSA) is 92.7 Å². The minimum absolute atomic E-state index is 0.211. The zero-order chi connectivity index (χ0) is 14.4. The van der Waals surface area contributed by atoms with Gasteiger partial charge in [0, 0.05) is 11.8 Å². The lowest BCUT2D eigenvalue weighted by Gasteiger charge is -1.97. The molecule has 0 spiro atoms. The number of hydrogen-bond donors (Lipinski definition) is 1. The molecule has 7 nitrogen and oxygen atoms in total. The third-order valence-corrected chi connectivity index (χ3v) is 3.29. The number of oxazole rings is 1. The summed E-state index contributed by atoms with van der Waals surface area (Å²) in [6.45, 7) is 0. The van der Waals surface area contributed by atoms with Crippen LogP contribution in [0.25, 0.3) is 28.0 Å². The van der Waals surface area contributed by atoms with Crippen LogP contribution in [0, 0.1) is 4.91 Å². The van der Waals surface area contributed by atoms with E-state index >= 15 is 0 Å². The third-order valence-electron chi connectivity index (χ3n) is 3.29. The molecule has 1 N–H and O–H groups in total. The van der Waals surface area contributed by atoms with Gasteiger partial charge in [-0.15, -0.1) is 4.91 Å². The Morgan fingerprint density at radius 3 is 3.00 bits per heavy atom. The normalized spacial score (nSPS) is 11.2. The molecule has 0 saturated carbocycles. The number of fused-ring (bicyclic) bond motifs is 2. The number of imidazole rings is 1. The molecule has 0 aliphatic heterocycles. The highest BCUT2D eigenvalue weighted by Crippen LogP contribution is 2.32. The van der Waals surface area contributed by atoms with Crippen LogP contribution >= 0.6 is 0 Å². The Balaban J connectivity index is 2.02. The number of aromatic nitrogens is 3. The van der Waals surface area contributed by atoms with E-state index in [1.807, 2.05) is 6.07 Å². The SMILES string of the molecule is O=Nc1c(-c2ccc3[nH]c(=O)oc3c2)nc2ccccn12. The maximum absolute atomic E-state index is 11.2. The van der Waals surface area contributed by atoms with Gasteiger partial charge in [-0.25, -0.2) is 9.78 Å². The molecule has 0 bridgehead atoms. The van der Waals surface area contributed by atoms with Crippen molar-refractivity contribution in [3.8, 4) is 11.3 Å². The average molecular weight is 280 g/mol. The minimum atomic E-state index is -0.522. The van der Waals surface area contributed by atoms with E-state index in [2.05, 4.69) is 15.1 Å². The number of benzene rings is 1. The Morgan fingerprint density at radius 1 is 1.24 bits per heavy atom. The van der Waals surface area contributed by atoms with Crippen LogP contribution < -0.4 is 5.76 Å². The van der Waals surface area contributed by atoms with Crippen molar-refractivity contribution < 1.29 is 4.42 Å². The molecule has 0 aliphatic rings. The molecule has 0 amide bonds. The Bertz CT molecular complexity index is 1040. The summed E-state index contributed by atoms with van der Waals surface area (Å²) in [7, 11) is 0. The Labute approximate surface area is 116 Å². The van der Waals surface area contributed by atoms with Crippen LogP contribution in [0.1, 0.15) is 0 Å². The molecule has 0 unspecified atom stereocenters. The standard InChI is InChI=1S/C14H8N4O3/c19-14-15-9-5-4-8(7-10(9)21-14)12-13(17-20)18-6-2-1-3-11(18)16-12/h1-7H,(H,15,19). The van der Waals surface area contributed by atoms with Crippen LogP contribution in [0.5, 0.6) is 0 Å². The molecular weight excluding hydrogens is 272 g/mol. The van der Waals surface area contributed by atoms with E-state index in [0.717, 1.165) is 0 Å². The summed E-state index contributed by atoms with van der Waals surface area (Å²) in [5.41, 5.74) is 2.72. The van der Waals surface area contributed by atoms with Crippen molar-refractivity contribution in [2.75, 3.05) is 0 Å². The van der Waals surface area contributed by atoms with Gasteiger partial charge in [0.05, 0.1) is 5.52 Å². The monoisotopic (exact) mass is 280 g/mol. The molecular formula is C14H8N4O3. The van der Waals surface area contributed by atoms with Gasteiger partial charge in [-0.1, -0.05) is 12.1 Å². The van der Waals surface area contributed by atoms with Crippen molar-refractivity contribution in [3.05, 3.63) is 58.1 Å². The van der Waals surface area contributed by atoms with Gasteiger partial charge < -0.3 is 4.42 Å². The number of pyridine rings is 1. The lowest BCUT2D eigenvalue weighted by molar-refractivity contribution is 0.555. The summed E-state index contributed by atoms with van der Waals surface area (Å²) in [6, 6.07) is 10.5. The molecule has 0 fully saturated rings. The first-order valence-electron chi connectivity index (χ1n) is 6.20. The van der Waals surface area contributed by atoms with Crippen LogP contribution in [-0.4, -0.2) is 14.4 Å². The number of nitrogens with zero attached hydrogens (tertiary/aromatic N) is 3. The van der Waals surface area contributed by atoms with E-state index in [1.54, 1.807) is 40.9 Å². The zero-order valence-electron chi connectivity index (χ0n) is 10.6. The number of nitrogens with one attached hydrogen (secondary N) is 1. The summed E-state index contributed by atoms with van der Waals surface area (Å²) in [4.78, 5) is 29.3. The molecule has 3 heterocycles. The lowest BCUT2D eigenvalue weighted by atomic mass is 10.1. The number of aromatic amines is 1. The second kappa shape index (κ2) is 4.14. The highest BCUT2D eigenvalue weighted by Gasteiger charge is 2.15. The van der Waals surface area contributed by atoms with Gasteiger partial charge in [-0.3, -0.25) is 9.38 Å². The summed E-state index contributed by atoms with van der Waals surface area (Å²) < 4.78 is 6.63. The fourth-order valence-electron chi connectivity index (χ4n) is 2.36. The fourth-order valence-corrected chi connectivity index (χ4v) is 2.36. The molecule has 0 aliphatic carbocycles. The number of rotatable bonds is 2. The molecule has 0 atom stereocenters. The Hall–Kier alpha value is -3.22. The van der Waals surface area contributed by atoms with Crippen LogP contribution in [0.15, 0.2) is 57.0 Å². The summed E-state index contributed by atoms with van der Waals surface area (Å²) in [5.74, 6) is -0.311.